The molecule has 26 heavy (non-hydrogen) atoms. The number of carboxylic acids is 1. The SMILES string of the molecule is COc1ccc(S(=O)(=O)N[C@@H](Cc2c[nH]c3ccccc23)C(=O)O)cc1. The molecule has 7 nitrogen and oxygen atoms in total. The number of hydrogen-bond acceptors (Lipinski definition) is 4. The number of H-pyrrole nitrogens is 1. The smallest absolute Gasteiger partial charge is 0.322 e. The molecule has 136 valence electrons. The fourth-order valence-electron chi connectivity index (χ4n) is 2.71. The van der Waals surface area contributed by atoms with Gasteiger partial charge < -0.3 is 14.8 Å². The molecule has 0 saturated carbocycles. The van der Waals surface area contributed by atoms with Gasteiger partial charge in [-0.2, -0.15) is 4.72 Å². The predicted molar refractivity (Wildman–Crippen MR) is 96.7 cm³/mol. The maximum atomic E-state index is 12.5. The van der Waals surface area contributed by atoms with E-state index in [-0.39, 0.29) is 11.3 Å². The van der Waals surface area contributed by atoms with Gasteiger partial charge in [0.1, 0.15) is 11.8 Å². The maximum absolute atomic E-state index is 12.5. The minimum absolute atomic E-state index is 0.0226. The third-order valence-corrected chi connectivity index (χ3v) is 5.55. The Labute approximate surface area is 150 Å². The van der Waals surface area contributed by atoms with E-state index in [1.807, 2.05) is 24.3 Å². The molecule has 1 aromatic heterocycles. The Morgan fingerprint density at radius 2 is 1.88 bits per heavy atom. The average molecular weight is 374 g/mol. The lowest BCUT2D eigenvalue weighted by Crippen LogP contribution is -2.42. The standard InChI is InChI=1S/C18H18N2O5S/c1-25-13-6-8-14(9-7-13)26(23,24)20-17(18(21)22)10-12-11-19-16-5-3-2-4-15(12)16/h2-9,11,17,19-20H,10H2,1H3,(H,21,22)/t17-/m0/s1. The van der Waals surface area contributed by atoms with Crippen LogP contribution in [0.3, 0.4) is 0 Å². The van der Waals surface area contributed by atoms with Gasteiger partial charge in [-0.05, 0) is 35.9 Å². The summed E-state index contributed by atoms with van der Waals surface area (Å²) in [5, 5.41) is 10.3. The number of rotatable bonds is 7. The van der Waals surface area contributed by atoms with Crippen LogP contribution in [0.1, 0.15) is 5.56 Å². The summed E-state index contributed by atoms with van der Waals surface area (Å²) >= 11 is 0. The Morgan fingerprint density at radius 3 is 2.54 bits per heavy atom. The number of carboxylic acid groups (broad SMARTS) is 1. The quantitative estimate of drug-likeness (QED) is 0.587. The van der Waals surface area contributed by atoms with Crippen LogP contribution in [0.15, 0.2) is 59.6 Å². The van der Waals surface area contributed by atoms with E-state index in [2.05, 4.69) is 9.71 Å². The zero-order valence-electron chi connectivity index (χ0n) is 14.0. The number of sulfonamides is 1. The van der Waals surface area contributed by atoms with E-state index in [1.165, 1.54) is 31.4 Å². The number of nitrogens with one attached hydrogen (secondary N) is 2. The van der Waals surface area contributed by atoms with Crippen molar-refractivity contribution < 1.29 is 23.1 Å². The molecule has 3 rings (SSSR count). The number of aliphatic carboxylic acids is 1. The molecule has 0 aliphatic carbocycles. The van der Waals surface area contributed by atoms with Gasteiger partial charge in [0.25, 0.3) is 0 Å². The molecule has 2 aromatic carbocycles. The highest BCUT2D eigenvalue weighted by Gasteiger charge is 2.26. The first-order valence-corrected chi connectivity index (χ1v) is 9.33. The number of ether oxygens (including phenoxy) is 1. The lowest BCUT2D eigenvalue weighted by atomic mass is 10.1. The highest BCUT2D eigenvalue weighted by atomic mass is 32.2. The maximum Gasteiger partial charge on any atom is 0.322 e. The number of hydrogen-bond donors (Lipinski definition) is 3. The van der Waals surface area contributed by atoms with E-state index in [4.69, 9.17) is 4.74 Å². The first-order valence-electron chi connectivity index (χ1n) is 7.85. The van der Waals surface area contributed by atoms with E-state index >= 15 is 0 Å². The lowest BCUT2D eigenvalue weighted by molar-refractivity contribution is -0.138. The van der Waals surface area contributed by atoms with Crippen molar-refractivity contribution in [3.63, 3.8) is 0 Å². The summed E-state index contributed by atoms with van der Waals surface area (Å²) in [7, 11) is -2.51. The molecule has 0 fully saturated rings. The van der Waals surface area contributed by atoms with Crippen molar-refractivity contribution in [3.05, 3.63) is 60.3 Å². The van der Waals surface area contributed by atoms with Gasteiger partial charge in [-0.25, -0.2) is 8.42 Å². The minimum atomic E-state index is -3.98. The zero-order chi connectivity index (χ0) is 18.7. The van der Waals surface area contributed by atoms with Crippen LogP contribution in [0.25, 0.3) is 10.9 Å². The average Bonchev–Trinajstić information content (AvgIpc) is 3.04. The van der Waals surface area contributed by atoms with Crippen molar-refractivity contribution in [1.82, 2.24) is 9.71 Å². The number of methoxy groups -OCH3 is 1. The summed E-state index contributed by atoms with van der Waals surface area (Å²) in [6.45, 7) is 0. The Kier molecular flexibility index (Phi) is 4.97. The number of fused-ring (bicyclic) bond motifs is 1. The summed E-state index contributed by atoms with van der Waals surface area (Å²) in [5.41, 5.74) is 1.59. The van der Waals surface area contributed by atoms with Crippen molar-refractivity contribution in [2.75, 3.05) is 7.11 Å². The van der Waals surface area contributed by atoms with Crippen LogP contribution in [0.5, 0.6) is 5.75 Å². The van der Waals surface area contributed by atoms with Gasteiger partial charge in [0.2, 0.25) is 10.0 Å². The van der Waals surface area contributed by atoms with Crippen molar-refractivity contribution in [2.24, 2.45) is 0 Å². The molecule has 0 radical (unpaired) electrons. The van der Waals surface area contributed by atoms with Gasteiger partial charge in [-0.15, -0.1) is 0 Å². The molecule has 1 heterocycles. The molecular weight excluding hydrogens is 356 g/mol. The van der Waals surface area contributed by atoms with Crippen molar-refractivity contribution in [3.8, 4) is 5.75 Å². The van der Waals surface area contributed by atoms with E-state index < -0.39 is 22.0 Å². The van der Waals surface area contributed by atoms with Gasteiger partial charge in [-0.3, -0.25) is 4.79 Å². The highest BCUT2D eigenvalue weighted by Crippen LogP contribution is 2.20. The van der Waals surface area contributed by atoms with Crippen LogP contribution >= 0.6 is 0 Å². The van der Waals surface area contributed by atoms with Gasteiger partial charge in [0, 0.05) is 23.5 Å². The molecule has 0 saturated heterocycles. The fourth-order valence-corrected chi connectivity index (χ4v) is 3.90. The molecule has 0 aliphatic heterocycles. The van der Waals surface area contributed by atoms with Gasteiger partial charge in [0.15, 0.2) is 0 Å². The summed E-state index contributed by atoms with van der Waals surface area (Å²) in [6, 6.07) is 11.9. The Bertz CT molecular complexity index is 1030. The second-order valence-electron chi connectivity index (χ2n) is 5.75. The molecule has 0 unspecified atom stereocenters. The van der Waals surface area contributed by atoms with Gasteiger partial charge in [-0.1, -0.05) is 18.2 Å². The Balaban J connectivity index is 1.84. The number of aromatic nitrogens is 1. The number of aromatic amines is 1. The molecule has 0 bridgehead atoms. The lowest BCUT2D eigenvalue weighted by Gasteiger charge is -2.15. The van der Waals surface area contributed by atoms with Crippen LogP contribution in [-0.4, -0.2) is 37.6 Å². The molecule has 0 spiro atoms. The van der Waals surface area contributed by atoms with Crippen molar-refractivity contribution in [2.45, 2.75) is 17.4 Å². The van der Waals surface area contributed by atoms with E-state index in [1.54, 1.807) is 6.20 Å². The second-order valence-corrected chi connectivity index (χ2v) is 7.47. The van der Waals surface area contributed by atoms with E-state index in [0.717, 1.165) is 16.5 Å². The molecule has 0 aliphatic rings. The summed E-state index contributed by atoms with van der Waals surface area (Å²) in [6.07, 6.45) is 1.72. The second kappa shape index (κ2) is 7.19. The number of carbonyl (C=O) groups is 1. The highest BCUT2D eigenvalue weighted by molar-refractivity contribution is 7.89. The molecule has 0 amide bonds. The van der Waals surface area contributed by atoms with Crippen LogP contribution in [0.4, 0.5) is 0 Å². The molecule has 8 heteroatoms. The Hall–Kier alpha value is -2.84. The fraction of sp³-hybridized carbons (Fsp3) is 0.167. The van der Waals surface area contributed by atoms with Gasteiger partial charge >= 0.3 is 5.97 Å². The number of para-hydroxylation sites is 1. The van der Waals surface area contributed by atoms with E-state index in [0.29, 0.717) is 5.75 Å². The molecular formula is C18H18N2O5S. The zero-order valence-corrected chi connectivity index (χ0v) is 14.8. The Morgan fingerprint density at radius 1 is 1.19 bits per heavy atom. The minimum Gasteiger partial charge on any atom is -0.497 e. The van der Waals surface area contributed by atoms with Crippen molar-refractivity contribution >= 4 is 26.9 Å². The third-order valence-electron chi connectivity index (χ3n) is 4.06. The largest absolute Gasteiger partial charge is 0.497 e. The van der Waals surface area contributed by atoms with Gasteiger partial charge in [0.05, 0.1) is 12.0 Å². The third kappa shape index (κ3) is 3.71. The monoisotopic (exact) mass is 374 g/mol. The van der Waals surface area contributed by atoms with Crippen LogP contribution in [0.2, 0.25) is 0 Å². The summed E-state index contributed by atoms with van der Waals surface area (Å²) in [5.74, 6) is -0.732. The van der Waals surface area contributed by atoms with Crippen LogP contribution in [-0.2, 0) is 21.2 Å². The molecule has 3 N–H and O–H groups in total. The summed E-state index contributed by atoms with van der Waals surface area (Å²) < 4.78 is 32.3. The van der Waals surface area contributed by atoms with Crippen molar-refractivity contribution in [1.29, 1.82) is 0 Å². The normalized spacial score (nSPS) is 12.8. The predicted octanol–water partition coefficient (Wildman–Crippen LogP) is 2.15. The molecule has 1 atom stereocenters. The van der Waals surface area contributed by atoms with E-state index in [9.17, 15) is 18.3 Å². The van der Waals surface area contributed by atoms with Crippen LogP contribution in [0, 0.1) is 0 Å². The first-order chi connectivity index (χ1) is 12.4. The number of benzene rings is 2. The molecule has 3 aromatic rings. The summed E-state index contributed by atoms with van der Waals surface area (Å²) in [4.78, 5) is 14.6. The van der Waals surface area contributed by atoms with Crippen LogP contribution < -0.4 is 9.46 Å². The topological polar surface area (TPSA) is 108 Å². The first kappa shape index (κ1) is 18.0.